The van der Waals surface area contributed by atoms with Gasteiger partial charge in [-0.25, -0.2) is 0 Å². The molecular weight excluding hydrogens is 535 g/mol. The molecule has 1 aromatic heterocycles. The molecule has 0 bridgehead atoms. The highest BCUT2D eigenvalue weighted by molar-refractivity contribution is 5.90. The zero-order chi connectivity index (χ0) is 30.2. The van der Waals surface area contributed by atoms with Crippen LogP contribution < -0.4 is 10.6 Å². The maximum Gasteiger partial charge on any atom is 0.471 e. The number of amides is 3. The summed E-state index contributed by atoms with van der Waals surface area (Å²) >= 11 is 0. The smallest absolute Gasteiger partial charge is 0.342 e. The minimum absolute atomic E-state index is 0.125. The Morgan fingerprint density at radius 3 is 2.37 bits per heavy atom. The number of nitrogens with zero attached hydrogens (tertiary/aromatic N) is 3. The fourth-order valence-corrected chi connectivity index (χ4v) is 4.87. The molecule has 2 heterocycles. The van der Waals surface area contributed by atoms with Gasteiger partial charge in [-0.2, -0.15) is 13.2 Å². The molecule has 11 heteroatoms. The highest BCUT2D eigenvalue weighted by atomic mass is 19.4. The Kier molecular flexibility index (Phi) is 10.9. The van der Waals surface area contributed by atoms with Gasteiger partial charge in [-0.3, -0.25) is 19.4 Å². The van der Waals surface area contributed by atoms with E-state index in [0.29, 0.717) is 25.9 Å². The van der Waals surface area contributed by atoms with E-state index in [0.717, 1.165) is 16.2 Å². The number of carbonyl (C=O) groups excluding carboxylic acids is 3. The average molecular weight is 576 g/mol. The molecule has 1 aromatic carbocycles. The lowest BCUT2D eigenvalue weighted by atomic mass is 9.85. The van der Waals surface area contributed by atoms with Crippen molar-refractivity contribution in [2.75, 3.05) is 19.6 Å². The van der Waals surface area contributed by atoms with Crippen LogP contribution in [0.2, 0.25) is 0 Å². The van der Waals surface area contributed by atoms with Gasteiger partial charge in [0.25, 0.3) is 0 Å². The van der Waals surface area contributed by atoms with Crippen molar-refractivity contribution in [1.29, 1.82) is 0 Å². The van der Waals surface area contributed by atoms with Crippen molar-refractivity contribution in [2.24, 2.45) is 5.41 Å². The summed E-state index contributed by atoms with van der Waals surface area (Å²) in [5.41, 5.74) is 0.906. The summed E-state index contributed by atoms with van der Waals surface area (Å²) in [5.74, 6) is -2.66. The Morgan fingerprint density at radius 1 is 1.07 bits per heavy atom. The maximum absolute atomic E-state index is 13.8. The fraction of sp³-hybridized carbons (Fsp3) is 0.533. The van der Waals surface area contributed by atoms with Gasteiger partial charge in [0.15, 0.2) is 0 Å². The van der Waals surface area contributed by atoms with Gasteiger partial charge in [0.05, 0.1) is 11.7 Å². The number of pyridine rings is 1. The molecule has 8 nitrogen and oxygen atoms in total. The number of benzene rings is 1. The van der Waals surface area contributed by atoms with Gasteiger partial charge >= 0.3 is 12.1 Å². The standard InChI is InChI=1S/C30H40F3N5O3/c1-21(35-19-23-13-8-9-16-34-23)26(39)36-25(29(2,3)4)27(40)38-17-10-14-24(38)20-37(28(41)30(31,32)33)18-15-22-11-6-5-7-12-22/h5-9,11-13,16,21,24-25,35H,10,14-15,17-20H2,1-4H3,(H,36,39)/t21-,24-,25+/m0/s1. The molecule has 3 atom stereocenters. The number of nitrogens with one attached hydrogen (secondary N) is 2. The van der Waals surface area contributed by atoms with E-state index in [1.165, 1.54) is 4.90 Å². The monoisotopic (exact) mass is 575 g/mol. The van der Waals surface area contributed by atoms with Gasteiger partial charge in [0.1, 0.15) is 6.04 Å². The first-order valence-electron chi connectivity index (χ1n) is 13.9. The van der Waals surface area contributed by atoms with Gasteiger partial charge < -0.3 is 20.4 Å². The second-order valence-electron chi connectivity index (χ2n) is 11.5. The van der Waals surface area contributed by atoms with E-state index < -0.39 is 35.6 Å². The highest BCUT2D eigenvalue weighted by Crippen LogP contribution is 2.27. The number of rotatable bonds is 11. The molecule has 0 spiro atoms. The second kappa shape index (κ2) is 13.9. The molecule has 1 aliphatic rings. The van der Waals surface area contributed by atoms with E-state index >= 15 is 0 Å². The first kappa shape index (κ1) is 32.0. The van der Waals surface area contributed by atoms with E-state index in [2.05, 4.69) is 15.6 Å². The van der Waals surface area contributed by atoms with Crippen LogP contribution in [0.25, 0.3) is 0 Å². The number of hydrogen-bond acceptors (Lipinski definition) is 5. The Labute approximate surface area is 239 Å². The Balaban J connectivity index is 1.70. The topological polar surface area (TPSA) is 94.6 Å². The SMILES string of the molecule is C[C@H](NCc1ccccn1)C(=O)N[C@H](C(=O)N1CCC[C@H]1CN(CCc1ccccc1)C(=O)C(F)(F)F)C(C)(C)C. The minimum atomic E-state index is -5.02. The molecule has 2 N–H and O–H groups in total. The summed E-state index contributed by atoms with van der Waals surface area (Å²) in [4.78, 5) is 45.8. The summed E-state index contributed by atoms with van der Waals surface area (Å²) in [6.07, 6.45) is -2.05. The molecule has 0 unspecified atom stereocenters. The van der Waals surface area contributed by atoms with Crippen LogP contribution in [0.3, 0.4) is 0 Å². The molecule has 1 saturated heterocycles. The minimum Gasteiger partial charge on any atom is -0.342 e. The van der Waals surface area contributed by atoms with E-state index in [1.54, 1.807) is 43.5 Å². The van der Waals surface area contributed by atoms with Gasteiger partial charge in [0.2, 0.25) is 11.8 Å². The molecule has 2 aromatic rings. The summed E-state index contributed by atoms with van der Waals surface area (Å²) in [6.45, 7) is 7.51. The number of halogens is 3. The van der Waals surface area contributed by atoms with Crippen LogP contribution in [0.15, 0.2) is 54.7 Å². The van der Waals surface area contributed by atoms with Crippen molar-refractivity contribution in [3.63, 3.8) is 0 Å². The first-order valence-corrected chi connectivity index (χ1v) is 13.9. The summed E-state index contributed by atoms with van der Waals surface area (Å²) in [6, 6.07) is 12.3. The van der Waals surface area contributed by atoms with Crippen LogP contribution in [0.5, 0.6) is 0 Å². The van der Waals surface area contributed by atoms with Gasteiger partial charge in [-0.1, -0.05) is 57.2 Å². The Bertz CT molecular complexity index is 1160. The predicted molar refractivity (Wildman–Crippen MR) is 149 cm³/mol. The van der Waals surface area contributed by atoms with Crippen LogP contribution in [0, 0.1) is 5.41 Å². The molecule has 1 aliphatic heterocycles. The number of carbonyl (C=O) groups is 3. The lowest BCUT2D eigenvalue weighted by Gasteiger charge is -2.37. The van der Waals surface area contributed by atoms with E-state index in [9.17, 15) is 27.6 Å². The highest BCUT2D eigenvalue weighted by Gasteiger charge is 2.45. The van der Waals surface area contributed by atoms with E-state index in [1.807, 2.05) is 39.0 Å². The van der Waals surface area contributed by atoms with Crippen molar-refractivity contribution >= 4 is 17.7 Å². The van der Waals surface area contributed by atoms with E-state index in [4.69, 9.17) is 0 Å². The quantitative estimate of drug-likeness (QED) is 0.426. The average Bonchev–Trinajstić information content (AvgIpc) is 3.40. The third kappa shape index (κ3) is 9.27. The normalized spacial score (nSPS) is 17.1. The summed E-state index contributed by atoms with van der Waals surface area (Å²) in [5, 5.41) is 5.97. The lowest BCUT2D eigenvalue weighted by Crippen LogP contribution is -2.59. The summed E-state index contributed by atoms with van der Waals surface area (Å²) < 4.78 is 40.5. The Hall–Kier alpha value is -3.47. The van der Waals surface area contributed by atoms with Crippen LogP contribution in [0.4, 0.5) is 13.2 Å². The number of alkyl halides is 3. The van der Waals surface area contributed by atoms with Crippen molar-refractivity contribution < 1.29 is 27.6 Å². The fourth-order valence-electron chi connectivity index (χ4n) is 4.87. The van der Waals surface area contributed by atoms with Crippen molar-refractivity contribution in [3.05, 3.63) is 66.0 Å². The largest absolute Gasteiger partial charge is 0.471 e. The third-order valence-electron chi connectivity index (χ3n) is 7.24. The van der Waals surface area contributed by atoms with Crippen LogP contribution >= 0.6 is 0 Å². The second-order valence-corrected chi connectivity index (χ2v) is 11.5. The molecule has 0 aliphatic carbocycles. The van der Waals surface area contributed by atoms with Crippen LogP contribution in [-0.4, -0.2) is 76.4 Å². The van der Waals surface area contributed by atoms with E-state index in [-0.39, 0.29) is 31.3 Å². The third-order valence-corrected chi connectivity index (χ3v) is 7.24. The molecule has 3 rings (SSSR count). The van der Waals surface area contributed by atoms with Crippen molar-refractivity contribution in [1.82, 2.24) is 25.4 Å². The summed E-state index contributed by atoms with van der Waals surface area (Å²) in [7, 11) is 0. The van der Waals surface area contributed by atoms with Gasteiger partial charge in [0, 0.05) is 38.4 Å². The zero-order valence-electron chi connectivity index (χ0n) is 24.1. The number of hydrogen-bond donors (Lipinski definition) is 2. The predicted octanol–water partition coefficient (Wildman–Crippen LogP) is 3.72. The number of likely N-dealkylation sites (tertiary alicyclic amines) is 1. The molecule has 224 valence electrons. The van der Waals surface area contributed by atoms with Crippen molar-refractivity contribution in [2.45, 2.75) is 77.8 Å². The van der Waals surface area contributed by atoms with Crippen LogP contribution in [0.1, 0.15) is 51.8 Å². The van der Waals surface area contributed by atoms with Crippen molar-refractivity contribution in [3.8, 4) is 0 Å². The first-order chi connectivity index (χ1) is 19.3. The maximum atomic E-state index is 13.8. The van der Waals surface area contributed by atoms with Gasteiger partial charge in [-0.05, 0) is 49.3 Å². The molecule has 41 heavy (non-hydrogen) atoms. The zero-order valence-corrected chi connectivity index (χ0v) is 24.1. The molecule has 0 saturated carbocycles. The lowest BCUT2D eigenvalue weighted by molar-refractivity contribution is -0.186. The molecule has 3 amide bonds. The Morgan fingerprint density at radius 2 is 1.76 bits per heavy atom. The van der Waals surface area contributed by atoms with Gasteiger partial charge in [-0.15, -0.1) is 0 Å². The molecule has 1 fully saturated rings. The number of aromatic nitrogens is 1. The van der Waals surface area contributed by atoms with Crippen LogP contribution in [-0.2, 0) is 27.3 Å². The molecular formula is C30H40F3N5O3. The molecule has 0 radical (unpaired) electrons.